The van der Waals surface area contributed by atoms with E-state index >= 15 is 0 Å². The molecule has 1 aliphatic rings. The van der Waals surface area contributed by atoms with Crippen LogP contribution in [0.1, 0.15) is 60.8 Å². The Morgan fingerprint density at radius 1 is 1.25 bits per heavy atom. The van der Waals surface area contributed by atoms with Crippen LogP contribution in [0.2, 0.25) is 0 Å². The molecule has 0 aromatic heterocycles. The molecule has 0 spiro atoms. The molecule has 0 saturated carbocycles. The van der Waals surface area contributed by atoms with Gasteiger partial charge in [-0.05, 0) is 24.2 Å². The first-order chi connectivity index (χ1) is 9.18. The number of unbranched alkanes of at least 4 members (excludes halogenated alkanes) is 1. The summed E-state index contributed by atoms with van der Waals surface area (Å²) < 4.78 is 0. The van der Waals surface area contributed by atoms with Gasteiger partial charge in [0.1, 0.15) is 12.1 Å². The minimum Gasteiger partial charge on any atom is -0.342 e. The lowest BCUT2D eigenvalue weighted by molar-refractivity contribution is -0.154. The van der Waals surface area contributed by atoms with Crippen molar-refractivity contribution in [1.82, 2.24) is 10.2 Å². The van der Waals surface area contributed by atoms with E-state index in [2.05, 4.69) is 26.1 Å². The average molecular weight is 282 g/mol. The quantitative estimate of drug-likeness (QED) is 0.842. The van der Waals surface area contributed by atoms with E-state index in [9.17, 15) is 9.59 Å². The molecule has 2 amide bonds. The zero-order valence-corrected chi connectivity index (χ0v) is 13.8. The number of piperazine rings is 1. The molecule has 116 valence electrons. The highest BCUT2D eigenvalue weighted by molar-refractivity contribution is 5.97. The third-order valence-corrected chi connectivity index (χ3v) is 3.74. The van der Waals surface area contributed by atoms with Gasteiger partial charge in [0, 0.05) is 6.54 Å². The van der Waals surface area contributed by atoms with Gasteiger partial charge >= 0.3 is 0 Å². The minimum atomic E-state index is -0.357. The van der Waals surface area contributed by atoms with Crippen molar-refractivity contribution in [2.75, 3.05) is 6.54 Å². The Bertz CT molecular complexity index is 358. The molecule has 0 aromatic rings. The summed E-state index contributed by atoms with van der Waals surface area (Å²) in [6.07, 6.45) is 2.68. The molecule has 1 saturated heterocycles. The minimum absolute atomic E-state index is 0.00106. The van der Waals surface area contributed by atoms with Crippen molar-refractivity contribution in [3.63, 3.8) is 0 Å². The van der Waals surface area contributed by atoms with E-state index in [0.717, 1.165) is 12.8 Å². The number of nitrogens with zero attached hydrogens (tertiary/aromatic N) is 1. The number of hydrogen-bond acceptors (Lipinski definition) is 2. The molecular weight excluding hydrogens is 252 g/mol. The lowest BCUT2D eigenvalue weighted by atomic mass is 9.82. The summed E-state index contributed by atoms with van der Waals surface area (Å²) in [5, 5.41) is 2.93. The highest BCUT2D eigenvalue weighted by Gasteiger charge is 2.45. The number of amides is 2. The maximum atomic E-state index is 12.7. The molecule has 2 atom stereocenters. The normalized spacial score (nSPS) is 24.2. The van der Waals surface area contributed by atoms with Crippen LogP contribution in [-0.4, -0.2) is 35.3 Å². The predicted octanol–water partition coefficient (Wildman–Crippen LogP) is 2.57. The number of rotatable bonds is 5. The first-order valence-electron chi connectivity index (χ1n) is 7.79. The van der Waals surface area contributed by atoms with E-state index in [4.69, 9.17) is 0 Å². The molecule has 1 aliphatic heterocycles. The summed E-state index contributed by atoms with van der Waals surface area (Å²) in [7, 11) is 0. The summed E-state index contributed by atoms with van der Waals surface area (Å²) >= 11 is 0. The molecule has 1 fully saturated rings. The lowest BCUT2D eigenvalue weighted by Crippen LogP contribution is -2.66. The molecule has 0 bridgehead atoms. The second kappa shape index (κ2) is 6.59. The number of nitrogens with one attached hydrogen (secondary N) is 1. The Morgan fingerprint density at radius 3 is 2.30 bits per heavy atom. The Kier molecular flexibility index (Phi) is 5.60. The first kappa shape index (κ1) is 17.0. The summed E-state index contributed by atoms with van der Waals surface area (Å²) in [6, 6.07) is -0.706. The van der Waals surface area contributed by atoms with Gasteiger partial charge in [-0.2, -0.15) is 0 Å². The Hall–Kier alpha value is -1.06. The molecule has 1 N–H and O–H groups in total. The van der Waals surface area contributed by atoms with Crippen LogP contribution in [-0.2, 0) is 9.59 Å². The summed E-state index contributed by atoms with van der Waals surface area (Å²) in [4.78, 5) is 26.9. The van der Waals surface area contributed by atoms with Crippen LogP contribution in [0.15, 0.2) is 0 Å². The van der Waals surface area contributed by atoms with Crippen LogP contribution in [0, 0.1) is 11.3 Å². The van der Waals surface area contributed by atoms with Crippen molar-refractivity contribution in [3.05, 3.63) is 0 Å². The Labute approximate surface area is 123 Å². The van der Waals surface area contributed by atoms with Crippen molar-refractivity contribution in [2.45, 2.75) is 72.9 Å². The fourth-order valence-corrected chi connectivity index (χ4v) is 2.84. The summed E-state index contributed by atoms with van der Waals surface area (Å²) in [5.41, 5.74) is -0.240. The Morgan fingerprint density at radius 2 is 1.85 bits per heavy atom. The monoisotopic (exact) mass is 282 g/mol. The smallest absolute Gasteiger partial charge is 0.245 e. The number of carbonyl (C=O) groups is 2. The third-order valence-electron chi connectivity index (χ3n) is 3.74. The summed E-state index contributed by atoms with van der Waals surface area (Å²) in [6.45, 7) is 13.0. The Balaban J connectivity index is 2.98. The van der Waals surface area contributed by atoms with E-state index in [-0.39, 0.29) is 29.3 Å². The van der Waals surface area contributed by atoms with Gasteiger partial charge in [0.15, 0.2) is 0 Å². The van der Waals surface area contributed by atoms with Crippen LogP contribution < -0.4 is 5.32 Å². The number of hydrogen-bond donors (Lipinski definition) is 1. The van der Waals surface area contributed by atoms with Crippen molar-refractivity contribution in [2.24, 2.45) is 11.3 Å². The SMILES string of the molecule is CCCCN1C(=O)C(CC(C)C)NC(=O)C1C(C)(C)C. The summed E-state index contributed by atoms with van der Waals surface area (Å²) in [5.74, 6) is 0.481. The van der Waals surface area contributed by atoms with Crippen LogP contribution in [0.4, 0.5) is 0 Å². The third kappa shape index (κ3) is 3.97. The molecular formula is C16H30N2O2. The molecule has 4 nitrogen and oxygen atoms in total. The van der Waals surface area contributed by atoms with Gasteiger partial charge in [-0.3, -0.25) is 9.59 Å². The molecule has 0 radical (unpaired) electrons. The van der Waals surface area contributed by atoms with E-state index in [0.29, 0.717) is 18.9 Å². The van der Waals surface area contributed by atoms with Gasteiger partial charge in [-0.1, -0.05) is 48.0 Å². The number of carbonyl (C=O) groups excluding carboxylic acids is 2. The van der Waals surface area contributed by atoms with Gasteiger partial charge in [0.25, 0.3) is 0 Å². The molecule has 0 aliphatic carbocycles. The van der Waals surface area contributed by atoms with Crippen LogP contribution in [0.3, 0.4) is 0 Å². The van der Waals surface area contributed by atoms with Crippen LogP contribution >= 0.6 is 0 Å². The predicted molar refractivity (Wildman–Crippen MR) is 81.2 cm³/mol. The van der Waals surface area contributed by atoms with E-state index in [1.54, 1.807) is 0 Å². The van der Waals surface area contributed by atoms with E-state index in [1.165, 1.54) is 0 Å². The second-order valence-electron chi connectivity index (χ2n) is 7.34. The zero-order valence-electron chi connectivity index (χ0n) is 13.8. The largest absolute Gasteiger partial charge is 0.342 e. The van der Waals surface area contributed by atoms with Gasteiger partial charge in [0.05, 0.1) is 0 Å². The molecule has 0 aromatic carbocycles. The highest BCUT2D eigenvalue weighted by Crippen LogP contribution is 2.29. The second-order valence-corrected chi connectivity index (χ2v) is 7.34. The molecule has 2 unspecified atom stereocenters. The van der Waals surface area contributed by atoms with Gasteiger partial charge < -0.3 is 10.2 Å². The van der Waals surface area contributed by atoms with Crippen molar-refractivity contribution in [3.8, 4) is 0 Å². The zero-order chi connectivity index (χ0) is 15.5. The van der Waals surface area contributed by atoms with E-state index in [1.807, 2.05) is 25.7 Å². The lowest BCUT2D eigenvalue weighted by Gasteiger charge is -2.45. The first-order valence-corrected chi connectivity index (χ1v) is 7.79. The molecule has 1 rings (SSSR count). The van der Waals surface area contributed by atoms with Crippen LogP contribution in [0.5, 0.6) is 0 Å². The molecule has 20 heavy (non-hydrogen) atoms. The van der Waals surface area contributed by atoms with E-state index < -0.39 is 0 Å². The molecule has 4 heteroatoms. The van der Waals surface area contributed by atoms with Crippen LogP contribution in [0.25, 0.3) is 0 Å². The highest BCUT2D eigenvalue weighted by atomic mass is 16.2. The fourth-order valence-electron chi connectivity index (χ4n) is 2.84. The maximum absolute atomic E-state index is 12.7. The van der Waals surface area contributed by atoms with Crippen molar-refractivity contribution in [1.29, 1.82) is 0 Å². The topological polar surface area (TPSA) is 49.4 Å². The van der Waals surface area contributed by atoms with Crippen molar-refractivity contribution >= 4 is 11.8 Å². The van der Waals surface area contributed by atoms with Gasteiger partial charge in [0.2, 0.25) is 11.8 Å². The van der Waals surface area contributed by atoms with Crippen molar-refractivity contribution < 1.29 is 9.59 Å². The fraction of sp³-hybridized carbons (Fsp3) is 0.875. The van der Waals surface area contributed by atoms with Gasteiger partial charge in [-0.15, -0.1) is 0 Å². The maximum Gasteiger partial charge on any atom is 0.245 e. The standard InChI is InChI=1S/C16H30N2O2/c1-7-8-9-18-13(16(4,5)6)14(19)17-12(15(18)20)10-11(2)3/h11-13H,7-10H2,1-6H3,(H,17,19). The molecule has 1 heterocycles. The average Bonchev–Trinajstić information content (AvgIpc) is 2.28. The van der Waals surface area contributed by atoms with Gasteiger partial charge in [-0.25, -0.2) is 0 Å².